The fourth-order valence-electron chi connectivity index (χ4n) is 4.05. The number of carbonyl (C=O) groups excluding carboxylic acids is 1. The van der Waals surface area contributed by atoms with Crippen molar-refractivity contribution in [2.45, 2.75) is 24.1 Å². The van der Waals surface area contributed by atoms with Crippen molar-refractivity contribution in [3.05, 3.63) is 95.1 Å². The zero-order valence-electron chi connectivity index (χ0n) is 18.7. The third-order valence-electron chi connectivity index (χ3n) is 6.09. The first kappa shape index (κ1) is 24.4. The van der Waals surface area contributed by atoms with Gasteiger partial charge in [0.2, 0.25) is 0 Å². The summed E-state index contributed by atoms with van der Waals surface area (Å²) >= 11 is 0. The number of benzene rings is 2. The van der Waals surface area contributed by atoms with Crippen LogP contribution in [0.5, 0.6) is 0 Å². The minimum Gasteiger partial charge on any atom is -0.386 e. The molecule has 182 valence electrons. The van der Waals surface area contributed by atoms with E-state index >= 15 is 0 Å². The number of nitrogens with zero attached hydrogens (tertiary/aromatic N) is 2. The quantitative estimate of drug-likeness (QED) is 0.565. The lowest BCUT2D eigenvalue weighted by Gasteiger charge is -2.40. The van der Waals surface area contributed by atoms with Crippen molar-refractivity contribution in [2.24, 2.45) is 10.7 Å². The molecule has 0 unspecified atom stereocenters. The predicted octanol–water partition coefficient (Wildman–Crippen LogP) is 3.67. The van der Waals surface area contributed by atoms with E-state index in [1.54, 1.807) is 0 Å². The number of pyridine rings is 1. The molecule has 3 aromatic rings. The van der Waals surface area contributed by atoms with Crippen LogP contribution in [0.4, 0.5) is 18.9 Å². The van der Waals surface area contributed by atoms with Crippen LogP contribution in [0.25, 0.3) is 0 Å². The zero-order valence-corrected chi connectivity index (χ0v) is 19.5. The molecule has 11 heteroatoms. The maximum Gasteiger partial charge on any atom is 0.274 e. The number of nitrogens with one attached hydrogen (secondary N) is 1. The van der Waals surface area contributed by atoms with Crippen LogP contribution < -0.4 is 11.1 Å². The van der Waals surface area contributed by atoms with Gasteiger partial charge in [-0.15, -0.1) is 0 Å². The highest BCUT2D eigenvalue weighted by molar-refractivity contribution is 7.93. The lowest BCUT2D eigenvalue weighted by Crippen LogP contribution is -2.54. The first-order valence-electron chi connectivity index (χ1n) is 10.4. The number of anilines is 1. The van der Waals surface area contributed by atoms with Crippen LogP contribution in [0, 0.1) is 17.5 Å². The number of amidine groups is 1. The third-order valence-corrected chi connectivity index (χ3v) is 8.72. The number of hydrogen-bond donors (Lipinski definition) is 2. The van der Waals surface area contributed by atoms with E-state index in [0.717, 1.165) is 24.4 Å². The molecule has 3 N–H and O–H groups in total. The number of nitrogens with two attached hydrogens (primary N) is 1. The topological polar surface area (TPSA) is 115 Å². The maximum absolute atomic E-state index is 14.9. The SMILES string of the molecule is C[C@@]1(c2cc(NC(=O)c3ccc(F)cn3)ccc2F)CS(=O)(=O)[C@@](C)(c2cccc(F)c2)C(N)=N1. The number of sulfone groups is 1. The van der Waals surface area contributed by atoms with Gasteiger partial charge in [0.1, 0.15) is 34.5 Å². The molecule has 1 aliphatic heterocycles. The van der Waals surface area contributed by atoms with Crippen molar-refractivity contribution in [2.75, 3.05) is 11.1 Å². The summed E-state index contributed by atoms with van der Waals surface area (Å²) in [6, 6.07) is 10.9. The van der Waals surface area contributed by atoms with Crippen molar-refractivity contribution in [3.8, 4) is 0 Å². The Morgan fingerprint density at radius 3 is 2.40 bits per heavy atom. The number of aromatic nitrogens is 1. The maximum atomic E-state index is 14.9. The van der Waals surface area contributed by atoms with E-state index in [1.165, 1.54) is 50.2 Å². The molecule has 0 saturated heterocycles. The summed E-state index contributed by atoms with van der Waals surface area (Å²) in [5.74, 6) is -3.62. The minimum atomic E-state index is -4.12. The lowest BCUT2D eigenvalue weighted by atomic mass is 9.91. The van der Waals surface area contributed by atoms with E-state index in [9.17, 15) is 26.4 Å². The summed E-state index contributed by atoms with van der Waals surface area (Å²) in [5.41, 5.74) is 4.59. The van der Waals surface area contributed by atoms with Crippen molar-refractivity contribution in [3.63, 3.8) is 0 Å². The molecule has 2 aromatic carbocycles. The molecule has 4 rings (SSSR count). The van der Waals surface area contributed by atoms with Crippen LogP contribution in [-0.2, 0) is 20.1 Å². The monoisotopic (exact) mass is 502 g/mol. The summed E-state index contributed by atoms with van der Waals surface area (Å²) in [6.45, 7) is 2.74. The zero-order chi connectivity index (χ0) is 25.6. The van der Waals surface area contributed by atoms with E-state index in [0.29, 0.717) is 0 Å². The molecule has 0 aliphatic carbocycles. The molecule has 0 spiro atoms. The van der Waals surface area contributed by atoms with Gasteiger partial charge in [0.15, 0.2) is 14.6 Å². The van der Waals surface area contributed by atoms with Crippen LogP contribution in [0.15, 0.2) is 65.8 Å². The first-order valence-corrected chi connectivity index (χ1v) is 12.1. The standard InChI is InChI=1S/C24H21F3N4O3S/c1-23(13-35(33,34)24(2,22(28)31-23)14-4-3-5-15(25)10-14)18-11-17(7-8-19(18)27)30-21(32)20-9-6-16(26)12-29-20/h3-12H,13H2,1-2H3,(H2,28,31)(H,30,32)/t23-,24-/m0/s1. The predicted molar refractivity (Wildman–Crippen MR) is 125 cm³/mol. The van der Waals surface area contributed by atoms with Gasteiger partial charge in [-0.3, -0.25) is 9.79 Å². The Balaban J connectivity index is 1.74. The molecule has 35 heavy (non-hydrogen) atoms. The highest BCUT2D eigenvalue weighted by atomic mass is 32.2. The van der Waals surface area contributed by atoms with Crippen molar-refractivity contribution < 1.29 is 26.4 Å². The summed E-state index contributed by atoms with van der Waals surface area (Å²) in [5, 5.41) is 2.52. The number of rotatable bonds is 4. The summed E-state index contributed by atoms with van der Waals surface area (Å²) in [6.07, 6.45) is 0.881. The number of hydrogen-bond acceptors (Lipinski definition) is 6. The molecule has 2 heterocycles. The Morgan fingerprint density at radius 1 is 1.03 bits per heavy atom. The second-order valence-corrected chi connectivity index (χ2v) is 10.9. The number of aliphatic imine (C=N–C) groups is 1. The fourth-order valence-corrected chi connectivity index (χ4v) is 6.15. The minimum absolute atomic E-state index is 0.0724. The van der Waals surface area contributed by atoms with Crippen LogP contribution in [0.2, 0.25) is 0 Å². The van der Waals surface area contributed by atoms with Crippen LogP contribution in [0.3, 0.4) is 0 Å². The van der Waals surface area contributed by atoms with E-state index in [-0.39, 0.29) is 28.3 Å². The van der Waals surface area contributed by atoms with Gasteiger partial charge >= 0.3 is 0 Å². The molecular formula is C24H21F3N4O3S. The van der Waals surface area contributed by atoms with Gasteiger partial charge in [-0.2, -0.15) is 0 Å². The second kappa shape index (κ2) is 8.49. The Morgan fingerprint density at radius 2 is 1.77 bits per heavy atom. The van der Waals surface area contributed by atoms with Gasteiger partial charge in [-0.05, 0) is 61.9 Å². The first-order chi connectivity index (χ1) is 16.4. The van der Waals surface area contributed by atoms with E-state index < -0.39 is 49.2 Å². The van der Waals surface area contributed by atoms with Crippen molar-refractivity contribution in [1.82, 2.24) is 4.98 Å². The molecule has 0 radical (unpaired) electrons. The highest BCUT2D eigenvalue weighted by Crippen LogP contribution is 2.43. The number of amides is 1. The average molecular weight is 503 g/mol. The van der Waals surface area contributed by atoms with E-state index in [1.807, 2.05) is 0 Å². The molecule has 1 amide bonds. The van der Waals surface area contributed by atoms with Crippen LogP contribution in [-0.4, -0.2) is 30.9 Å². The smallest absolute Gasteiger partial charge is 0.274 e. The molecule has 0 bridgehead atoms. The molecule has 7 nitrogen and oxygen atoms in total. The van der Waals surface area contributed by atoms with Crippen molar-refractivity contribution in [1.29, 1.82) is 0 Å². The number of carbonyl (C=O) groups is 1. The molecule has 1 aromatic heterocycles. The Kier molecular flexibility index (Phi) is 5.92. The largest absolute Gasteiger partial charge is 0.386 e. The van der Waals surface area contributed by atoms with Crippen LogP contribution in [0.1, 0.15) is 35.5 Å². The Bertz CT molecular complexity index is 1460. The van der Waals surface area contributed by atoms with E-state index in [2.05, 4.69) is 15.3 Å². The Labute approximate surface area is 199 Å². The summed E-state index contributed by atoms with van der Waals surface area (Å²) < 4.78 is 67.0. The third kappa shape index (κ3) is 4.27. The average Bonchev–Trinajstić information content (AvgIpc) is 2.78. The molecule has 2 atom stereocenters. The fraction of sp³-hybridized carbons (Fsp3) is 0.208. The molecule has 0 fully saturated rings. The molecule has 0 saturated carbocycles. The van der Waals surface area contributed by atoms with E-state index in [4.69, 9.17) is 5.73 Å². The highest BCUT2D eigenvalue weighted by Gasteiger charge is 2.53. The van der Waals surface area contributed by atoms with Gasteiger partial charge in [-0.25, -0.2) is 26.6 Å². The summed E-state index contributed by atoms with van der Waals surface area (Å²) in [4.78, 5) is 20.5. The van der Waals surface area contributed by atoms with Gasteiger partial charge in [0.05, 0.1) is 11.9 Å². The second-order valence-electron chi connectivity index (χ2n) is 8.58. The van der Waals surface area contributed by atoms with Crippen LogP contribution >= 0.6 is 0 Å². The van der Waals surface area contributed by atoms with Gasteiger partial charge in [0.25, 0.3) is 5.91 Å². The molecule has 1 aliphatic rings. The lowest BCUT2D eigenvalue weighted by molar-refractivity contribution is 0.102. The van der Waals surface area contributed by atoms with Gasteiger partial charge in [-0.1, -0.05) is 12.1 Å². The van der Waals surface area contributed by atoms with Crippen molar-refractivity contribution >= 4 is 27.3 Å². The number of halogens is 3. The Hall–Kier alpha value is -3.73. The summed E-state index contributed by atoms with van der Waals surface area (Å²) in [7, 11) is -4.12. The molecular weight excluding hydrogens is 481 g/mol. The van der Waals surface area contributed by atoms with Gasteiger partial charge < -0.3 is 11.1 Å². The normalized spacial score (nSPS) is 23.4. The van der Waals surface area contributed by atoms with Gasteiger partial charge in [0, 0.05) is 11.3 Å².